The summed E-state index contributed by atoms with van der Waals surface area (Å²) in [5.74, 6) is 0. The van der Waals surface area contributed by atoms with E-state index in [2.05, 4.69) is 35.3 Å². The average Bonchev–Trinajstić information content (AvgIpc) is 2.73. The lowest BCUT2D eigenvalue weighted by Crippen LogP contribution is -2.42. The van der Waals surface area contributed by atoms with E-state index < -0.39 is 0 Å². The summed E-state index contributed by atoms with van der Waals surface area (Å²) in [4.78, 5) is 2.47. The molecule has 0 radical (unpaired) electrons. The van der Waals surface area contributed by atoms with Gasteiger partial charge in [0.2, 0.25) is 0 Å². The molecule has 2 aromatic rings. The lowest BCUT2D eigenvalue weighted by atomic mass is 10.1. The highest BCUT2D eigenvalue weighted by Gasteiger charge is 2.13. The van der Waals surface area contributed by atoms with Crippen LogP contribution in [0.3, 0.4) is 0 Å². The Morgan fingerprint density at radius 2 is 2.12 bits per heavy atom. The monoisotopic (exact) mass is 230 g/mol. The van der Waals surface area contributed by atoms with Crippen molar-refractivity contribution in [3.8, 4) is 0 Å². The van der Waals surface area contributed by atoms with E-state index in [1.165, 1.54) is 16.5 Å². The molecular weight excluding hydrogens is 212 g/mol. The molecule has 1 aliphatic rings. The van der Waals surface area contributed by atoms with Crippen LogP contribution >= 0.6 is 0 Å². The molecule has 0 saturated carbocycles. The fraction of sp³-hybridized carbons (Fsp3) is 0.429. The van der Waals surface area contributed by atoms with E-state index >= 15 is 0 Å². The summed E-state index contributed by atoms with van der Waals surface area (Å²) in [6, 6.07) is 6.43. The first-order valence-electron chi connectivity index (χ1n) is 6.23. The molecule has 1 fully saturated rings. The fourth-order valence-electron chi connectivity index (χ4n) is 2.42. The van der Waals surface area contributed by atoms with Crippen LogP contribution in [-0.2, 0) is 6.54 Å². The zero-order chi connectivity index (χ0) is 11.7. The number of piperazine rings is 1. The Bertz CT molecular complexity index is 512. The SMILES string of the molecule is Cc1ccc2c(CN3CCNCC3)coc2c1. The van der Waals surface area contributed by atoms with Crippen LogP contribution in [0.1, 0.15) is 11.1 Å². The molecule has 17 heavy (non-hydrogen) atoms. The Balaban J connectivity index is 1.84. The minimum absolute atomic E-state index is 0.998. The number of fused-ring (bicyclic) bond motifs is 1. The molecule has 0 aliphatic carbocycles. The number of rotatable bonds is 2. The van der Waals surface area contributed by atoms with Crippen molar-refractivity contribution in [3.63, 3.8) is 0 Å². The van der Waals surface area contributed by atoms with Crippen molar-refractivity contribution in [2.24, 2.45) is 0 Å². The standard InChI is InChI=1S/C14H18N2O/c1-11-2-3-13-12(10-17-14(13)8-11)9-16-6-4-15-5-7-16/h2-3,8,10,15H,4-7,9H2,1H3. The van der Waals surface area contributed by atoms with Crippen molar-refractivity contribution >= 4 is 11.0 Å². The second kappa shape index (κ2) is 4.51. The van der Waals surface area contributed by atoms with Crippen LogP contribution in [0.15, 0.2) is 28.9 Å². The number of furan rings is 1. The van der Waals surface area contributed by atoms with E-state index in [4.69, 9.17) is 4.42 Å². The molecule has 0 amide bonds. The molecule has 90 valence electrons. The van der Waals surface area contributed by atoms with Crippen molar-refractivity contribution in [1.29, 1.82) is 0 Å². The molecule has 0 unspecified atom stereocenters. The van der Waals surface area contributed by atoms with Gasteiger partial charge in [0.15, 0.2) is 0 Å². The van der Waals surface area contributed by atoms with E-state index in [-0.39, 0.29) is 0 Å². The number of hydrogen-bond acceptors (Lipinski definition) is 3. The molecule has 0 bridgehead atoms. The molecule has 3 nitrogen and oxygen atoms in total. The molecule has 3 rings (SSSR count). The summed E-state index contributed by atoms with van der Waals surface area (Å²) in [6.07, 6.45) is 1.91. The second-order valence-corrected chi connectivity index (χ2v) is 4.79. The highest BCUT2D eigenvalue weighted by atomic mass is 16.3. The van der Waals surface area contributed by atoms with Gasteiger partial charge in [-0.25, -0.2) is 0 Å². The van der Waals surface area contributed by atoms with Crippen LogP contribution in [0.5, 0.6) is 0 Å². The molecule has 1 aliphatic heterocycles. The molecule has 3 heteroatoms. The third-order valence-corrected chi connectivity index (χ3v) is 3.41. The summed E-state index contributed by atoms with van der Waals surface area (Å²) < 4.78 is 5.63. The van der Waals surface area contributed by atoms with Gasteiger partial charge in [-0.15, -0.1) is 0 Å². The van der Waals surface area contributed by atoms with Gasteiger partial charge in [-0.05, 0) is 18.6 Å². The van der Waals surface area contributed by atoms with Crippen molar-refractivity contribution in [2.75, 3.05) is 26.2 Å². The van der Waals surface area contributed by atoms with Gasteiger partial charge in [0, 0.05) is 43.7 Å². The minimum Gasteiger partial charge on any atom is -0.464 e. The lowest BCUT2D eigenvalue weighted by Gasteiger charge is -2.26. The smallest absolute Gasteiger partial charge is 0.134 e. The molecule has 1 aromatic heterocycles. The van der Waals surface area contributed by atoms with Gasteiger partial charge in [0.05, 0.1) is 6.26 Å². The largest absolute Gasteiger partial charge is 0.464 e. The summed E-state index contributed by atoms with van der Waals surface area (Å²) >= 11 is 0. The summed E-state index contributed by atoms with van der Waals surface area (Å²) in [5, 5.41) is 4.63. The number of benzene rings is 1. The van der Waals surface area contributed by atoms with Gasteiger partial charge in [0.1, 0.15) is 5.58 Å². The van der Waals surface area contributed by atoms with Gasteiger partial charge < -0.3 is 9.73 Å². The first-order chi connectivity index (χ1) is 8.33. The fourth-order valence-corrected chi connectivity index (χ4v) is 2.42. The van der Waals surface area contributed by atoms with Crippen LogP contribution in [0.25, 0.3) is 11.0 Å². The number of hydrogen-bond donors (Lipinski definition) is 1. The quantitative estimate of drug-likeness (QED) is 0.857. The second-order valence-electron chi connectivity index (χ2n) is 4.79. The van der Waals surface area contributed by atoms with E-state index in [0.717, 1.165) is 38.3 Å². The first kappa shape index (κ1) is 10.8. The maximum atomic E-state index is 5.63. The number of nitrogens with one attached hydrogen (secondary N) is 1. The molecule has 1 N–H and O–H groups in total. The zero-order valence-corrected chi connectivity index (χ0v) is 10.2. The molecular formula is C14H18N2O. The van der Waals surface area contributed by atoms with Gasteiger partial charge in [-0.2, -0.15) is 0 Å². The Labute approximate surface area is 101 Å². The van der Waals surface area contributed by atoms with Crippen molar-refractivity contribution in [2.45, 2.75) is 13.5 Å². The van der Waals surface area contributed by atoms with E-state index in [1.807, 2.05) is 6.26 Å². The van der Waals surface area contributed by atoms with E-state index in [9.17, 15) is 0 Å². The maximum Gasteiger partial charge on any atom is 0.134 e. The minimum atomic E-state index is 0.998. The number of nitrogens with zero attached hydrogens (tertiary/aromatic N) is 1. The van der Waals surface area contributed by atoms with Crippen molar-refractivity contribution < 1.29 is 4.42 Å². The first-order valence-corrected chi connectivity index (χ1v) is 6.23. The Kier molecular flexibility index (Phi) is 2.87. The molecule has 1 aromatic carbocycles. The van der Waals surface area contributed by atoms with Crippen LogP contribution < -0.4 is 5.32 Å². The summed E-state index contributed by atoms with van der Waals surface area (Å²) in [5.41, 5.74) is 3.57. The zero-order valence-electron chi connectivity index (χ0n) is 10.2. The third kappa shape index (κ3) is 2.21. The predicted molar refractivity (Wildman–Crippen MR) is 69.1 cm³/mol. The van der Waals surface area contributed by atoms with Crippen molar-refractivity contribution in [3.05, 3.63) is 35.6 Å². The molecule has 0 atom stereocenters. The maximum absolute atomic E-state index is 5.63. The lowest BCUT2D eigenvalue weighted by molar-refractivity contribution is 0.233. The van der Waals surface area contributed by atoms with Gasteiger partial charge >= 0.3 is 0 Å². The van der Waals surface area contributed by atoms with Crippen LogP contribution in [0.2, 0.25) is 0 Å². The highest BCUT2D eigenvalue weighted by molar-refractivity contribution is 5.81. The molecule has 0 spiro atoms. The van der Waals surface area contributed by atoms with Gasteiger partial charge in [-0.3, -0.25) is 4.90 Å². The van der Waals surface area contributed by atoms with Crippen LogP contribution in [0, 0.1) is 6.92 Å². The third-order valence-electron chi connectivity index (χ3n) is 3.41. The number of aryl methyl sites for hydroxylation is 1. The highest BCUT2D eigenvalue weighted by Crippen LogP contribution is 2.23. The van der Waals surface area contributed by atoms with E-state index in [0.29, 0.717) is 0 Å². The topological polar surface area (TPSA) is 28.4 Å². The average molecular weight is 230 g/mol. The van der Waals surface area contributed by atoms with Crippen LogP contribution in [-0.4, -0.2) is 31.1 Å². The van der Waals surface area contributed by atoms with Crippen molar-refractivity contribution in [1.82, 2.24) is 10.2 Å². The van der Waals surface area contributed by atoms with Crippen LogP contribution in [0.4, 0.5) is 0 Å². The molecule has 2 heterocycles. The Hall–Kier alpha value is -1.32. The molecule has 1 saturated heterocycles. The Morgan fingerprint density at radius 3 is 2.94 bits per heavy atom. The summed E-state index contributed by atoms with van der Waals surface area (Å²) in [6.45, 7) is 7.52. The van der Waals surface area contributed by atoms with Gasteiger partial charge in [-0.1, -0.05) is 12.1 Å². The predicted octanol–water partition coefficient (Wildman–Crippen LogP) is 2.15. The Morgan fingerprint density at radius 1 is 1.29 bits per heavy atom. The summed E-state index contributed by atoms with van der Waals surface area (Å²) in [7, 11) is 0. The normalized spacial score (nSPS) is 17.7. The van der Waals surface area contributed by atoms with E-state index in [1.54, 1.807) is 0 Å². The van der Waals surface area contributed by atoms with Gasteiger partial charge in [0.25, 0.3) is 0 Å².